The highest BCUT2D eigenvalue weighted by atomic mass is 16.2. The van der Waals surface area contributed by atoms with Crippen LogP contribution in [-0.4, -0.2) is 33.8 Å². The second kappa shape index (κ2) is 7.81. The number of aromatic nitrogens is 2. The fourth-order valence-electron chi connectivity index (χ4n) is 3.01. The van der Waals surface area contributed by atoms with Crippen molar-refractivity contribution in [3.63, 3.8) is 0 Å². The zero-order valence-electron chi connectivity index (χ0n) is 13.4. The van der Waals surface area contributed by atoms with Crippen LogP contribution in [0.2, 0.25) is 0 Å². The van der Waals surface area contributed by atoms with E-state index >= 15 is 0 Å². The molecule has 1 saturated heterocycles. The van der Waals surface area contributed by atoms with Gasteiger partial charge in [0.15, 0.2) is 0 Å². The second-order valence-electron chi connectivity index (χ2n) is 6.03. The molecule has 0 radical (unpaired) electrons. The third-order valence-corrected chi connectivity index (χ3v) is 4.33. The van der Waals surface area contributed by atoms with Gasteiger partial charge in [-0.25, -0.2) is 4.79 Å². The maximum Gasteiger partial charge on any atom is 0.317 e. The van der Waals surface area contributed by atoms with Gasteiger partial charge in [0.2, 0.25) is 0 Å². The van der Waals surface area contributed by atoms with E-state index in [0.29, 0.717) is 6.54 Å². The van der Waals surface area contributed by atoms with E-state index in [1.54, 1.807) is 6.20 Å². The lowest BCUT2D eigenvalue weighted by Crippen LogP contribution is -2.40. The molecule has 23 heavy (non-hydrogen) atoms. The van der Waals surface area contributed by atoms with Gasteiger partial charge in [-0.05, 0) is 30.0 Å². The average Bonchev–Trinajstić information content (AvgIpc) is 2.93. The first-order valence-corrected chi connectivity index (χ1v) is 8.40. The normalized spacial score (nSPS) is 15.2. The van der Waals surface area contributed by atoms with Gasteiger partial charge in [0.05, 0.1) is 6.54 Å². The smallest absolute Gasteiger partial charge is 0.317 e. The van der Waals surface area contributed by atoms with E-state index in [9.17, 15) is 4.79 Å². The van der Waals surface area contributed by atoms with Gasteiger partial charge >= 0.3 is 6.03 Å². The molecule has 122 valence electrons. The van der Waals surface area contributed by atoms with Crippen LogP contribution in [0.3, 0.4) is 0 Å². The number of nitrogens with one attached hydrogen (secondary N) is 1. The Morgan fingerprint density at radius 3 is 2.48 bits per heavy atom. The highest BCUT2D eigenvalue weighted by Crippen LogP contribution is 2.12. The molecule has 0 unspecified atom stereocenters. The number of likely N-dealkylation sites (tertiary alicyclic amines) is 1. The van der Waals surface area contributed by atoms with Crippen LogP contribution in [0.15, 0.2) is 42.7 Å². The van der Waals surface area contributed by atoms with Gasteiger partial charge < -0.3 is 10.2 Å². The molecule has 5 nitrogen and oxygen atoms in total. The van der Waals surface area contributed by atoms with Gasteiger partial charge in [-0.2, -0.15) is 5.10 Å². The molecule has 3 rings (SSSR count). The predicted molar refractivity (Wildman–Crippen MR) is 90.0 cm³/mol. The maximum absolute atomic E-state index is 12.3. The minimum absolute atomic E-state index is 0.0563. The molecule has 0 saturated carbocycles. The summed E-state index contributed by atoms with van der Waals surface area (Å²) in [5.41, 5.74) is 2.33. The monoisotopic (exact) mass is 312 g/mol. The predicted octanol–water partition coefficient (Wildman–Crippen LogP) is 3.02. The maximum atomic E-state index is 12.3. The number of carbonyl (C=O) groups is 1. The van der Waals surface area contributed by atoms with Crippen LogP contribution in [0.1, 0.15) is 36.8 Å². The van der Waals surface area contributed by atoms with E-state index < -0.39 is 0 Å². The number of rotatable bonds is 4. The molecule has 2 heterocycles. The van der Waals surface area contributed by atoms with Crippen LogP contribution in [0.4, 0.5) is 4.79 Å². The number of carbonyl (C=O) groups excluding carboxylic acids is 1. The topological polar surface area (TPSA) is 50.2 Å². The summed E-state index contributed by atoms with van der Waals surface area (Å²) in [6, 6.07) is 10.2. The SMILES string of the molecule is O=C(NCc1ccccc1Cn1cccn1)N1CCCCCC1. The fraction of sp³-hybridized carbons (Fsp3) is 0.444. The molecule has 0 atom stereocenters. The molecule has 2 amide bonds. The van der Waals surface area contributed by atoms with E-state index in [4.69, 9.17) is 0 Å². The Hall–Kier alpha value is -2.30. The standard InChI is InChI=1S/C18H24N4O/c23-18(21-11-5-1-2-6-12-21)19-14-16-8-3-4-9-17(16)15-22-13-7-10-20-22/h3-4,7-10,13H,1-2,5-6,11-12,14-15H2,(H,19,23). The fourth-order valence-corrected chi connectivity index (χ4v) is 3.01. The van der Waals surface area contributed by atoms with Gasteiger partial charge in [-0.15, -0.1) is 0 Å². The Labute approximate surface area is 137 Å². The minimum Gasteiger partial charge on any atom is -0.334 e. The third-order valence-electron chi connectivity index (χ3n) is 4.33. The van der Waals surface area contributed by atoms with Gasteiger partial charge in [-0.3, -0.25) is 4.68 Å². The van der Waals surface area contributed by atoms with Crippen molar-refractivity contribution in [3.05, 3.63) is 53.9 Å². The lowest BCUT2D eigenvalue weighted by Gasteiger charge is -2.21. The number of hydrogen-bond acceptors (Lipinski definition) is 2. The number of nitrogens with zero attached hydrogens (tertiary/aromatic N) is 3. The quantitative estimate of drug-likeness (QED) is 0.943. The zero-order chi connectivity index (χ0) is 15.9. The highest BCUT2D eigenvalue weighted by molar-refractivity contribution is 5.74. The van der Waals surface area contributed by atoms with Crippen molar-refractivity contribution in [1.29, 1.82) is 0 Å². The Bertz CT molecular complexity index is 616. The molecule has 1 aromatic carbocycles. The van der Waals surface area contributed by atoms with Crippen molar-refractivity contribution in [3.8, 4) is 0 Å². The second-order valence-corrected chi connectivity index (χ2v) is 6.03. The molecule has 1 aliphatic rings. The molecule has 1 N–H and O–H groups in total. The molecule has 0 bridgehead atoms. The Kier molecular flexibility index (Phi) is 5.29. The molecule has 1 aliphatic heterocycles. The van der Waals surface area contributed by atoms with Crippen molar-refractivity contribution in [2.45, 2.75) is 38.8 Å². The molecular formula is C18H24N4O. The summed E-state index contributed by atoms with van der Waals surface area (Å²) >= 11 is 0. The largest absolute Gasteiger partial charge is 0.334 e. The lowest BCUT2D eigenvalue weighted by atomic mass is 10.1. The van der Waals surface area contributed by atoms with Gasteiger partial charge in [0, 0.05) is 32.0 Å². The van der Waals surface area contributed by atoms with Crippen LogP contribution < -0.4 is 5.32 Å². The van der Waals surface area contributed by atoms with E-state index in [2.05, 4.69) is 22.5 Å². The van der Waals surface area contributed by atoms with E-state index in [-0.39, 0.29) is 6.03 Å². The number of benzene rings is 1. The molecule has 2 aromatic rings. The summed E-state index contributed by atoms with van der Waals surface area (Å²) < 4.78 is 1.90. The first-order chi connectivity index (χ1) is 11.3. The summed E-state index contributed by atoms with van der Waals surface area (Å²) in [5.74, 6) is 0. The van der Waals surface area contributed by atoms with Crippen molar-refractivity contribution < 1.29 is 4.79 Å². The molecule has 0 spiro atoms. The Morgan fingerprint density at radius 1 is 1.04 bits per heavy atom. The average molecular weight is 312 g/mol. The summed E-state index contributed by atoms with van der Waals surface area (Å²) in [4.78, 5) is 14.3. The van der Waals surface area contributed by atoms with Gasteiger partial charge in [-0.1, -0.05) is 37.1 Å². The van der Waals surface area contributed by atoms with Crippen LogP contribution in [0.25, 0.3) is 0 Å². The van der Waals surface area contributed by atoms with Crippen LogP contribution in [0.5, 0.6) is 0 Å². The van der Waals surface area contributed by atoms with Crippen molar-refractivity contribution in [1.82, 2.24) is 20.0 Å². The summed E-state index contributed by atoms with van der Waals surface area (Å²) in [5, 5.41) is 7.33. The highest BCUT2D eigenvalue weighted by Gasteiger charge is 2.15. The van der Waals surface area contributed by atoms with Crippen molar-refractivity contribution in [2.75, 3.05) is 13.1 Å². The Balaban J connectivity index is 1.60. The molecule has 0 aliphatic carbocycles. The molecular weight excluding hydrogens is 288 g/mol. The van der Waals surface area contributed by atoms with Crippen LogP contribution in [-0.2, 0) is 13.1 Å². The lowest BCUT2D eigenvalue weighted by molar-refractivity contribution is 0.199. The number of hydrogen-bond donors (Lipinski definition) is 1. The first-order valence-electron chi connectivity index (χ1n) is 8.40. The zero-order valence-corrected chi connectivity index (χ0v) is 13.4. The van der Waals surface area contributed by atoms with Crippen molar-refractivity contribution >= 4 is 6.03 Å². The summed E-state index contributed by atoms with van der Waals surface area (Å²) in [6.45, 7) is 3.04. The van der Waals surface area contributed by atoms with Crippen LogP contribution in [0, 0.1) is 0 Å². The first kappa shape index (κ1) is 15.6. The molecule has 1 aromatic heterocycles. The van der Waals surface area contributed by atoms with Crippen molar-refractivity contribution in [2.24, 2.45) is 0 Å². The Morgan fingerprint density at radius 2 is 1.78 bits per heavy atom. The van der Waals surface area contributed by atoms with E-state index in [1.807, 2.05) is 34.0 Å². The molecule has 1 fully saturated rings. The van der Waals surface area contributed by atoms with Crippen LogP contribution >= 0.6 is 0 Å². The third kappa shape index (κ3) is 4.34. The number of amides is 2. The van der Waals surface area contributed by atoms with E-state index in [0.717, 1.165) is 38.0 Å². The summed E-state index contributed by atoms with van der Waals surface area (Å²) in [6.07, 6.45) is 8.43. The molecule has 5 heteroatoms. The van der Waals surface area contributed by atoms with Gasteiger partial charge in [0.25, 0.3) is 0 Å². The van der Waals surface area contributed by atoms with E-state index in [1.165, 1.54) is 18.4 Å². The number of urea groups is 1. The minimum atomic E-state index is 0.0563. The summed E-state index contributed by atoms with van der Waals surface area (Å²) in [7, 11) is 0. The van der Waals surface area contributed by atoms with Gasteiger partial charge in [0.1, 0.15) is 0 Å².